The van der Waals surface area contributed by atoms with Crippen LogP contribution in [0.1, 0.15) is 36.5 Å². The van der Waals surface area contributed by atoms with Crippen molar-refractivity contribution in [1.29, 1.82) is 0 Å². The Hall–Kier alpha value is -0.900. The first kappa shape index (κ1) is 14.5. The predicted octanol–water partition coefficient (Wildman–Crippen LogP) is 2.53. The Morgan fingerprint density at radius 1 is 1.26 bits per heavy atom. The molecule has 2 rings (SSSR count). The van der Waals surface area contributed by atoms with E-state index < -0.39 is 0 Å². The summed E-state index contributed by atoms with van der Waals surface area (Å²) in [7, 11) is 2.15. The highest BCUT2D eigenvalue weighted by Crippen LogP contribution is 2.19. The normalized spacial score (nSPS) is 18.7. The van der Waals surface area contributed by atoms with Crippen LogP contribution in [0.3, 0.4) is 0 Å². The van der Waals surface area contributed by atoms with Crippen LogP contribution >= 0.6 is 0 Å². The number of rotatable bonds is 5. The molecule has 106 valence electrons. The summed E-state index contributed by atoms with van der Waals surface area (Å²) in [6, 6.07) is 8.77. The van der Waals surface area contributed by atoms with Crippen LogP contribution in [0.2, 0.25) is 0 Å². The Kier molecular flexibility index (Phi) is 5.37. The molecule has 0 spiro atoms. The molecule has 1 aliphatic heterocycles. The summed E-state index contributed by atoms with van der Waals surface area (Å²) in [5.41, 5.74) is 2.25. The molecule has 3 nitrogen and oxygen atoms in total. The van der Waals surface area contributed by atoms with Gasteiger partial charge < -0.3 is 14.7 Å². The molecule has 3 heteroatoms. The third-order valence-electron chi connectivity index (χ3n) is 4.03. The highest BCUT2D eigenvalue weighted by molar-refractivity contribution is 5.23. The second-order valence-electron chi connectivity index (χ2n) is 5.54. The molecule has 1 atom stereocenters. The van der Waals surface area contributed by atoms with Gasteiger partial charge >= 0.3 is 0 Å². The summed E-state index contributed by atoms with van der Waals surface area (Å²) in [5.74, 6) is 0. The minimum absolute atomic E-state index is 0.358. The molecule has 1 unspecified atom stereocenters. The maximum Gasteiger partial charge on any atom is 0.0802 e. The Labute approximate surface area is 116 Å². The third-order valence-corrected chi connectivity index (χ3v) is 4.03. The summed E-state index contributed by atoms with van der Waals surface area (Å²) in [6.45, 7) is 4.74. The van der Waals surface area contributed by atoms with Gasteiger partial charge in [-0.05, 0) is 38.8 Å². The fourth-order valence-electron chi connectivity index (χ4n) is 2.59. The van der Waals surface area contributed by atoms with E-state index in [1.165, 1.54) is 5.56 Å². The average Bonchev–Trinajstić information content (AvgIpc) is 2.46. The van der Waals surface area contributed by atoms with Gasteiger partial charge in [0.05, 0.1) is 6.10 Å². The fraction of sp³-hybridized carbons (Fsp3) is 0.625. The van der Waals surface area contributed by atoms with E-state index in [4.69, 9.17) is 4.74 Å². The van der Waals surface area contributed by atoms with Gasteiger partial charge in [-0.25, -0.2) is 0 Å². The van der Waals surface area contributed by atoms with Gasteiger partial charge in [0.2, 0.25) is 0 Å². The zero-order chi connectivity index (χ0) is 13.7. The second kappa shape index (κ2) is 7.04. The van der Waals surface area contributed by atoms with Crippen LogP contribution in [-0.2, 0) is 4.74 Å². The molecule has 0 bridgehead atoms. The van der Waals surface area contributed by atoms with Crippen molar-refractivity contribution in [3.63, 3.8) is 0 Å². The van der Waals surface area contributed by atoms with Gasteiger partial charge in [-0.1, -0.05) is 29.8 Å². The van der Waals surface area contributed by atoms with Crippen molar-refractivity contribution < 1.29 is 9.84 Å². The largest absolute Gasteiger partial charge is 0.388 e. The zero-order valence-corrected chi connectivity index (χ0v) is 12.0. The predicted molar refractivity (Wildman–Crippen MR) is 77.2 cm³/mol. The Morgan fingerprint density at radius 2 is 1.89 bits per heavy atom. The molecular weight excluding hydrogens is 238 g/mol. The van der Waals surface area contributed by atoms with Gasteiger partial charge in [-0.3, -0.25) is 0 Å². The van der Waals surface area contributed by atoms with E-state index in [0.717, 1.165) is 44.6 Å². The smallest absolute Gasteiger partial charge is 0.0802 e. The molecule has 0 saturated carbocycles. The number of aliphatic hydroxyl groups is 1. The van der Waals surface area contributed by atoms with Crippen LogP contribution in [0.15, 0.2) is 24.3 Å². The number of aliphatic hydroxyl groups excluding tert-OH is 1. The second-order valence-corrected chi connectivity index (χ2v) is 5.54. The molecule has 1 aromatic rings. The standard InChI is InChI=1S/C16H25NO2/c1-13-3-5-14(6-4-13)16(18)7-10-17(2)15-8-11-19-12-9-15/h3-6,15-16,18H,7-12H2,1-2H3. The molecule has 1 saturated heterocycles. The highest BCUT2D eigenvalue weighted by Gasteiger charge is 2.19. The quantitative estimate of drug-likeness (QED) is 0.886. The number of hydrogen-bond donors (Lipinski definition) is 1. The van der Waals surface area contributed by atoms with E-state index in [2.05, 4.69) is 31.0 Å². The summed E-state index contributed by atoms with van der Waals surface area (Å²) in [5, 5.41) is 10.2. The van der Waals surface area contributed by atoms with Crippen LogP contribution < -0.4 is 0 Å². The first-order chi connectivity index (χ1) is 9.16. The lowest BCUT2D eigenvalue weighted by atomic mass is 10.0. The third kappa shape index (κ3) is 4.30. The topological polar surface area (TPSA) is 32.7 Å². The minimum atomic E-state index is -0.358. The van der Waals surface area contributed by atoms with Crippen molar-refractivity contribution in [2.75, 3.05) is 26.8 Å². The summed E-state index contributed by atoms with van der Waals surface area (Å²) in [6.07, 6.45) is 2.65. The van der Waals surface area contributed by atoms with Crippen molar-refractivity contribution >= 4 is 0 Å². The fourth-order valence-corrected chi connectivity index (χ4v) is 2.59. The van der Waals surface area contributed by atoms with Gasteiger partial charge in [-0.15, -0.1) is 0 Å². The molecule has 1 N–H and O–H groups in total. The SMILES string of the molecule is Cc1ccc(C(O)CCN(C)C2CCOCC2)cc1. The molecule has 0 aliphatic carbocycles. The molecule has 19 heavy (non-hydrogen) atoms. The first-order valence-corrected chi connectivity index (χ1v) is 7.19. The monoisotopic (exact) mass is 263 g/mol. The Morgan fingerprint density at radius 3 is 2.53 bits per heavy atom. The van der Waals surface area contributed by atoms with Crippen LogP contribution in [0, 0.1) is 6.92 Å². The van der Waals surface area contributed by atoms with Gasteiger partial charge in [0.15, 0.2) is 0 Å². The lowest BCUT2D eigenvalue weighted by molar-refractivity contribution is 0.0377. The van der Waals surface area contributed by atoms with Crippen molar-refractivity contribution in [3.8, 4) is 0 Å². The lowest BCUT2D eigenvalue weighted by Gasteiger charge is -2.31. The molecule has 0 aromatic heterocycles. The molecule has 1 aromatic carbocycles. The maximum atomic E-state index is 10.2. The van der Waals surface area contributed by atoms with Crippen LogP contribution in [0.5, 0.6) is 0 Å². The van der Waals surface area contributed by atoms with Gasteiger partial charge in [0.25, 0.3) is 0 Å². The Balaban J connectivity index is 1.79. The van der Waals surface area contributed by atoms with Crippen molar-refractivity contribution in [1.82, 2.24) is 4.90 Å². The number of nitrogens with zero attached hydrogens (tertiary/aromatic N) is 1. The van der Waals surface area contributed by atoms with E-state index in [1.807, 2.05) is 12.1 Å². The maximum absolute atomic E-state index is 10.2. The van der Waals surface area contributed by atoms with Gasteiger partial charge in [-0.2, -0.15) is 0 Å². The summed E-state index contributed by atoms with van der Waals surface area (Å²) >= 11 is 0. The van der Waals surface area contributed by atoms with Crippen LogP contribution in [0.4, 0.5) is 0 Å². The summed E-state index contributed by atoms with van der Waals surface area (Å²) < 4.78 is 5.38. The van der Waals surface area contributed by atoms with E-state index >= 15 is 0 Å². The number of aryl methyl sites for hydroxylation is 1. The lowest BCUT2D eigenvalue weighted by Crippen LogP contribution is -2.37. The average molecular weight is 263 g/mol. The van der Waals surface area contributed by atoms with Crippen molar-refractivity contribution in [2.24, 2.45) is 0 Å². The molecule has 1 fully saturated rings. The minimum Gasteiger partial charge on any atom is -0.388 e. The molecule has 0 amide bonds. The number of ether oxygens (including phenoxy) is 1. The zero-order valence-electron chi connectivity index (χ0n) is 12.0. The van der Waals surface area contributed by atoms with Crippen LogP contribution in [-0.4, -0.2) is 42.9 Å². The van der Waals surface area contributed by atoms with Crippen molar-refractivity contribution in [3.05, 3.63) is 35.4 Å². The van der Waals surface area contributed by atoms with E-state index in [1.54, 1.807) is 0 Å². The summed E-state index contributed by atoms with van der Waals surface area (Å²) in [4.78, 5) is 2.36. The molecule has 0 radical (unpaired) electrons. The van der Waals surface area contributed by atoms with Crippen molar-refractivity contribution in [2.45, 2.75) is 38.3 Å². The number of hydrogen-bond acceptors (Lipinski definition) is 3. The van der Waals surface area contributed by atoms with Gasteiger partial charge in [0.1, 0.15) is 0 Å². The van der Waals surface area contributed by atoms with E-state index in [9.17, 15) is 5.11 Å². The van der Waals surface area contributed by atoms with E-state index in [-0.39, 0.29) is 6.10 Å². The number of benzene rings is 1. The molecular formula is C16H25NO2. The van der Waals surface area contributed by atoms with E-state index in [0.29, 0.717) is 6.04 Å². The van der Waals surface area contributed by atoms with Crippen LogP contribution in [0.25, 0.3) is 0 Å². The first-order valence-electron chi connectivity index (χ1n) is 7.19. The van der Waals surface area contributed by atoms with Gasteiger partial charge in [0, 0.05) is 25.8 Å². The molecule has 1 heterocycles. The Bertz CT molecular complexity index is 371. The highest BCUT2D eigenvalue weighted by atomic mass is 16.5. The molecule has 1 aliphatic rings.